The van der Waals surface area contributed by atoms with Crippen molar-refractivity contribution in [2.45, 2.75) is 46.1 Å². The zero-order valence-corrected chi connectivity index (χ0v) is 15.9. The van der Waals surface area contributed by atoms with Crippen LogP contribution in [0.5, 0.6) is 0 Å². The van der Waals surface area contributed by atoms with Gasteiger partial charge in [-0.25, -0.2) is 14.5 Å². The molecule has 1 amide bonds. The third-order valence-electron chi connectivity index (χ3n) is 5.16. The lowest BCUT2D eigenvalue weighted by atomic mass is 9.97. The van der Waals surface area contributed by atoms with Crippen LogP contribution in [0.3, 0.4) is 0 Å². The lowest BCUT2D eigenvalue weighted by Crippen LogP contribution is -2.39. The van der Waals surface area contributed by atoms with Crippen molar-refractivity contribution in [3.63, 3.8) is 0 Å². The highest BCUT2D eigenvalue weighted by molar-refractivity contribution is 5.99. The zero-order chi connectivity index (χ0) is 19.1. The SMILES string of the molecule is Cc1ccc(N)c(C(=O)N2CCCC[C@H]2c2cc3nc(C)nc(C)n3n2)c1. The molecule has 1 saturated heterocycles. The number of carbonyl (C=O) groups excluding carboxylic acids is 1. The van der Waals surface area contributed by atoms with E-state index in [2.05, 4.69) is 9.97 Å². The Bertz CT molecular complexity index is 1020. The molecule has 4 rings (SSSR count). The summed E-state index contributed by atoms with van der Waals surface area (Å²) in [4.78, 5) is 24.0. The minimum atomic E-state index is -0.0763. The Morgan fingerprint density at radius 2 is 1.96 bits per heavy atom. The maximum Gasteiger partial charge on any atom is 0.256 e. The monoisotopic (exact) mass is 364 g/mol. The molecule has 0 unspecified atom stereocenters. The van der Waals surface area contributed by atoms with Crippen molar-refractivity contribution < 1.29 is 4.79 Å². The van der Waals surface area contributed by atoms with Gasteiger partial charge in [-0.2, -0.15) is 5.10 Å². The van der Waals surface area contributed by atoms with E-state index in [1.807, 2.05) is 43.9 Å². The van der Waals surface area contributed by atoms with Crippen molar-refractivity contribution >= 4 is 17.2 Å². The number of aromatic nitrogens is 4. The highest BCUT2D eigenvalue weighted by Gasteiger charge is 2.31. The van der Waals surface area contributed by atoms with E-state index < -0.39 is 0 Å². The van der Waals surface area contributed by atoms with Gasteiger partial charge in [0, 0.05) is 18.3 Å². The number of amides is 1. The average Bonchev–Trinajstić information content (AvgIpc) is 3.07. The van der Waals surface area contributed by atoms with E-state index in [1.54, 1.807) is 10.6 Å². The number of piperidine rings is 1. The molecule has 7 nitrogen and oxygen atoms in total. The molecule has 2 N–H and O–H groups in total. The molecule has 140 valence electrons. The number of aryl methyl sites for hydroxylation is 3. The fraction of sp³-hybridized carbons (Fsp3) is 0.400. The Kier molecular flexibility index (Phi) is 4.30. The van der Waals surface area contributed by atoms with Crippen molar-refractivity contribution in [3.8, 4) is 0 Å². The summed E-state index contributed by atoms with van der Waals surface area (Å²) in [5.41, 5.74) is 9.83. The molecule has 1 aliphatic heterocycles. The van der Waals surface area contributed by atoms with Crippen LogP contribution in [0.2, 0.25) is 0 Å². The van der Waals surface area contributed by atoms with Crippen molar-refractivity contribution in [2.75, 3.05) is 12.3 Å². The van der Waals surface area contributed by atoms with Gasteiger partial charge in [0.15, 0.2) is 5.65 Å². The lowest BCUT2D eigenvalue weighted by molar-refractivity contribution is 0.0606. The summed E-state index contributed by atoms with van der Waals surface area (Å²) in [6.45, 7) is 6.45. The lowest BCUT2D eigenvalue weighted by Gasteiger charge is -2.35. The molecule has 0 spiro atoms. The summed E-state index contributed by atoms with van der Waals surface area (Å²) >= 11 is 0. The fourth-order valence-electron chi connectivity index (χ4n) is 3.83. The molecule has 1 aliphatic rings. The molecule has 0 radical (unpaired) electrons. The van der Waals surface area contributed by atoms with Gasteiger partial charge in [0.05, 0.1) is 17.3 Å². The van der Waals surface area contributed by atoms with Crippen LogP contribution in [0, 0.1) is 20.8 Å². The number of hydrogen-bond donors (Lipinski definition) is 1. The van der Waals surface area contributed by atoms with Crippen LogP contribution in [0.4, 0.5) is 5.69 Å². The summed E-state index contributed by atoms with van der Waals surface area (Å²) in [5, 5.41) is 4.71. The number of benzene rings is 1. The van der Waals surface area contributed by atoms with Crippen molar-refractivity contribution in [2.24, 2.45) is 0 Å². The Labute approximate surface area is 158 Å². The van der Waals surface area contributed by atoms with Gasteiger partial charge < -0.3 is 10.6 Å². The number of nitrogens with zero attached hydrogens (tertiary/aromatic N) is 5. The molecule has 0 bridgehead atoms. The second kappa shape index (κ2) is 6.64. The van der Waals surface area contributed by atoms with Crippen LogP contribution >= 0.6 is 0 Å². The second-order valence-electron chi connectivity index (χ2n) is 7.26. The van der Waals surface area contributed by atoms with E-state index in [-0.39, 0.29) is 11.9 Å². The summed E-state index contributed by atoms with van der Waals surface area (Å²) < 4.78 is 1.75. The number of likely N-dealkylation sites (tertiary alicyclic amines) is 1. The third kappa shape index (κ3) is 3.13. The summed E-state index contributed by atoms with van der Waals surface area (Å²) in [6.07, 6.45) is 2.93. The Hall–Kier alpha value is -2.96. The maximum atomic E-state index is 13.3. The quantitative estimate of drug-likeness (QED) is 0.706. The van der Waals surface area contributed by atoms with Crippen molar-refractivity contribution in [1.29, 1.82) is 0 Å². The predicted octanol–water partition coefficient (Wildman–Crippen LogP) is 3.00. The zero-order valence-electron chi connectivity index (χ0n) is 15.9. The minimum absolute atomic E-state index is 0.0306. The van der Waals surface area contributed by atoms with Gasteiger partial charge in [0.1, 0.15) is 11.6 Å². The average molecular weight is 364 g/mol. The maximum absolute atomic E-state index is 13.3. The number of rotatable bonds is 2. The van der Waals surface area contributed by atoms with Gasteiger partial charge in [-0.05, 0) is 52.2 Å². The van der Waals surface area contributed by atoms with Gasteiger partial charge in [0.2, 0.25) is 0 Å². The Morgan fingerprint density at radius 3 is 2.78 bits per heavy atom. The van der Waals surface area contributed by atoms with E-state index >= 15 is 0 Å². The van der Waals surface area contributed by atoms with Crippen LogP contribution in [-0.2, 0) is 0 Å². The standard InChI is InChI=1S/C20H24N6O/c1-12-7-8-16(21)15(10-12)20(27)25-9-5-4-6-18(25)17-11-19-23-13(2)22-14(3)26(19)24-17/h7-8,10-11,18H,4-6,9,21H2,1-3H3/t18-/m0/s1. The molecule has 3 heterocycles. The molecule has 3 aromatic rings. The van der Waals surface area contributed by atoms with Crippen LogP contribution < -0.4 is 5.73 Å². The van der Waals surface area contributed by atoms with E-state index in [0.29, 0.717) is 17.8 Å². The first kappa shape index (κ1) is 17.5. The molecule has 0 saturated carbocycles. The van der Waals surface area contributed by atoms with Gasteiger partial charge in [0.25, 0.3) is 5.91 Å². The highest BCUT2D eigenvalue weighted by Crippen LogP contribution is 2.33. The van der Waals surface area contributed by atoms with Gasteiger partial charge in [-0.1, -0.05) is 11.6 Å². The molecular weight excluding hydrogens is 340 g/mol. The number of carbonyl (C=O) groups is 1. The summed E-state index contributed by atoms with van der Waals surface area (Å²) in [7, 11) is 0. The minimum Gasteiger partial charge on any atom is -0.398 e. The van der Waals surface area contributed by atoms with Crippen LogP contribution in [0.15, 0.2) is 24.3 Å². The largest absolute Gasteiger partial charge is 0.398 e. The van der Waals surface area contributed by atoms with Gasteiger partial charge in [-0.3, -0.25) is 4.79 Å². The molecule has 0 aliphatic carbocycles. The van der Waals surface area contributed by atoms with E-state index in [0.717, 1.165) is 47.8 Å². The number of nitrogens with two attached hydrogens (primary N) is 1. The van der Waals surface area contributed by atoms with Gasteiger partial charge >= 0.3 is 0 Å². The molecular formula is C20H24N6O. The number of hydrogen-bond acceptors (Lipinski definition) is 5. The number of nitrogen functional groups attached to an aromatic ring is 1. The summed E-state index contributed by atoms with van der Waals surface area (Å²) in [5.74, 6) is 1.48. The first-order valence-corrected chi connectivity index (χ1v) is 9.32. The first-order valence-electron chi connectivity index (χ1n) is 9.32. The fourth-order valence-corrected chi connectivity index (χ4v) is 3.83. The molecule has 2 aromatic heterocycles. The number of fused-ring (bicyclic) bond motifs is 1. The van der Waals surface area contributed by atoms with Gasteiger partial charge in [-0.15, -0.1) is 0 Å². The number of anilines is 1. The molecule has 1 atom stereocenters. The summed E-state index contributed by atoms with van der Waals surface area (Å²) in [6, 6.07) is 7.48. The first-order chi connectivity index (χ1) is 12.9. The second-order valence-corrected chi connectivity index (χ2v) is 7.26. The third-order valence-corrected chi connectivity index (χ3v) is 5.16. The Balaban J connectivity index is 1.74. The van der Waals surface area contributed by atoms with Crippen LogP contribution in [-0.4, -0.2) is 36.9 Å². The highest BCUT2D eigenvalue weighted by atomic mass is 16.2. The smallest absolute Gasteiger partial charge is 0.256 e. The van der Waals surface area contributed by atoms with E-state index in [1.165, 1.54) is 0 Å². The molecule has 7 heteroatoms. The molecule has 1 aromatic carbocycles. The van der Waals surface area contributed by atoms with Crippen molar-refractivity contribution in [3.05, 3.63) is 52.7 Å². The topological polar surface area (TPSA) is 89.4 Å². The van der Waals surface area contributed by atoms with Crippen molar-refractivity contribution in [1.82, 2.24) is 24.5 Å². The van der Waals surface area contributed by atoms with E-state index in [9.17, 15) is 4.79 Å². The normalized spacial score (nSPS) is 17.4. The van der Waals surface area contributed by atoms with E-state index in [4.69, 9.17) is 10.8 Å². The van der Waals surface area contributed by atoms with Crippen LogP contribution in [0.1, 0.15) is 58.6 Å². The Morgan fingerprint density at radius 1 is 1.15 bits per heavy atom. The van der Waals surface area contributed by atoms with Crippen LogP contribution in [0.25, 0.3) is 5.65 Å². The molecule has 27 heavy (non-hydrogen) atoms. The predicted molar refractivity (Wildman–Crippen MR) is 103 cm³/mol. The molecule has 1 fully saturated rings.